The van der Waals surface area contributed by atoms with Crippen molar-refractivity contribution in [3.63, 3.8) is 0 Å². The van der Waals surface area contributed by atoms with Gasteiger partial charge < -0.3 is 5.73 Å². The minimum absolute atomic E-state index is 0.257. The van der Waals surface area contributed by atoms with Gasteiger partial charge >= 0.3 is 0 Å². The number of nitrogen functional groups attached to an aromatic ring is 1. The summed E-state index contributed by atoms with van der Waals surface area (Å²) in [5.74, 6) is 7.28. The Kier molecular flexibility index (Phi) is 6.04. The van der Waals surface area contributed by atoms with E-state index < -0.39 is 0 Å². The van der Waals surface area contributed by atoms with Crippen LogP contribution in [0.2, 0.25) is 0 Å². The van der Waals surface area contributed by atoms with Crippen LogP contribution in [0.5, 0.6) is 0 Å². The van der Waals surface area contributed by atoms with E-state index >= 15 is 0 Å². The molecule has 1 unspecified atom stereocenters. The Labute approximate surface area is 106 Å². The maximum atomic E-state index is 11.3. The lowest BCUT2D eigenvalue weighted by Crippen LogP contribution is -2.29. The molecule has 0 fully saturated rings. The number of carbonyl (C=O) groups is 1. The summed E-state index contributed by atoms with van der Waals surface area (Å²) in [6, 6.07) is 7.49. The van der Waals surface area contributed by atoms with Gasteiger partial charge in [-0.2, -0.15) is 11.8 Å². The van der Waals surface area contributed by atoms with Gasteiger partial charge in [0.05, 0.1) is 0 Å². The van der Waals surface area contributed by atoms with Gasteiger partial charge in [-0.25, -0.2) is 5.84 Å². The maximum Gasteiger partial charge on any atom is 0.265 e. The molecule has 94 valence electrons. The number of nitrogens with one attached hydrogen (secondary N) is 1. The zero-order chi connectivity index (χ0) is 12.7. The normalized spacial score (nSPS) is 12.2. The number of amides is 1. The number of carbonyl (C=O) groups excluding carboxylic acids is 1. The van der Waals surface area contributed by atoms with Gasteiger partial charge in [-0.15, -0.1) is 0 Å². The summed E-state index contributed by atoms with van der Waals surface area (Å²) in [5.41, 5.74) is 9.40. The summed E-state index contributed by atoms with van der Waals surface area (Å²) in [5, 5.41) is 0. The minimum atomic E-state index is -0.257. The standard InChI is InChI=1S/C12H19N3OS/c1-9(6-13)7-17-8-10-3-2-4-11(5-10)12(16)15-14/h2-5,9H,6-8,13-14H2,1H3,(H,15,16). The maximum absolute atomic E-state index is 11.3. The van der Waals surface area contributed by atoms with Crippen molar-refractivity contribution in [2.75, 3.05) is 12.3 Å². The Morgan fingerprint density at radius 3 is 2.94 bits per heavy atom. The van der Waals surface area contributed by atoms with Crippen LogP contribution in [0.25, 0.3) is 0 Å². The molecule has 17 heavy (non-hydrogen) atoms. The molecule has 0 spiro atoms. The van der Waals surface area contributed by atoms with E-state index in [1.54, 1.807) is 6.07 Å². The van der Waals surface area contributed by atoms with E-state index in [1.165, 1.54) is 0 Å². The van der Waals surface area contributed by atoms with Crippen LogP contribution in [0.15, 0.2) is 24.3 Å². The Morgan fingerprint density at radius 2 is 2.29 bits per heavy atom. The fourth-order valence-electron chi connectivity index (χ4n) is 1.33. The highest BCUT2D eigenvalue weighted by molar-refractivity contribution is 7.98. The second-order valence-corrected chi connectivity index (χ2v) is 5.06. The number of hydrazine groups is 1. The molecule has 0 heterocycles. The van der Waals surface area contributed by atoms with Crippen molar-refractivity contribution >= 4 is 17.7 Å². The van der Waals surface area contributed by atoms with Crippen LogP contribution in [0, 0.1) is 5.92 Å². The number of benzene rings is 1. The molecule has 5 heteroatoms. The Hall–Kier alpha value is -1.04. The largest absolute Gasteiger partial charge is 0.330 e. The third kappa shape index (κ3) is 4.77. The highest BCUT2D eigenvalue weighted by atomic mass is 32.2. The first-order valence-electron chi connectivity index (χ1n) is 5.55. The van der Waals surface area contributed by atoms with Crippen molar-refractivity contribution in [2.24, 2.45) is 17.5 Å². The monoisotopic (exact) mass is 253 g/mol. The number of nitrogens with two attached hydrogens (primary N) is 2. The fourth-order valence-corrected chi connectivity index (χ4v) is 2.40. The van der Waals surface area contributed by atoms with Crippen molar-refractivity contribution < 1.29 is 4.79 Å². The van der Waals surface area contributed by atoms with Crippen LogP contribution in [0.1, 0.15) is 22.8 Å². The van der Waals surface area contributed by atoms with E-state index in [0.717, 1.165) is 17.1 Å². The van der Waals surface area contributed by atoms with E-state index in [9.17, 15) is 4.79 Å². The lowest BCUT2D eigenvalue weighted by Gasteiger charge is -2.08. The van der Waals surface area contributed by atoms with Crippen molar-refractivity contribution in [3.05, 3.63) is 35.4 Å². The smallest absolute Gasteiger partial charge is 0.265 e. The topological polar surface area (TPSA) is 81.1 Å². The number of thioether (sulfide) groups is 1. The third-order valence-electron chi connectivity index (χ3n) is 2.39. The molecule has 1 aromatic carbocycles. The lowest BCUT2D eigenvalue weighted by molar-refractivity contribution is 0.0953. The summed E-state index contributed by atoms with van der Waals surface area (Å²) in [6.07, 6.45) is 0. The van der Waals surface area contributed by atoms with Crippen molar-refractivity contribution in [1.82, 2.24) is 5.43 Å². The summed E-state index contributed by atoms with van der Waals surface area (Å²) in [4.78, 5) is 11.3. The molecule has 0 aromatic heterocycles. The van der Waals surface area contributed by atoms with Crippen LogP contribution in [0.3, 0.4) is 0 Å². The molecule has 1 aromatic rings. The molecule has 4 nitrogen and oxygen atoms in total. The first-order valence-corrected chi connectivity index (χ1v) is 6.70. The molecular formula is C12H19N3OS. The van der Waals surface area contributed by atoms with E-state index in [-0.39, 0.29) is 5.91 Å². The van der Waals surface area contributed by atoms with E-state index in [4.69, 9.17) is 11.6 Å². The Bertz CT molecular complexity index is 371. The number of hydrogen-bond donors (Lipinski definition) is 3. The van der Waals surface area contributed by atoms with Gasteiger partial charge in [0, 0.05) is 11.3 Å². The molecule has 1 rings (SSSR count). The molecule has 0 saturated heterocycles. The lowest BCUT2D eigenvalue weighted by atomic mass is 10.1. The molecule has 1 atom stereocenters. The zero-order valence-electron chi connectivity index (χ0n) is 9.98. The van der Waals surface area contributed by atoms with Crippen LogP contribution in [-0.4, -0.2) is 18.2 Å². The second kappa shape index (κ2) is 7.32. The molecule has 0 bridgehead atoms. The van der Waals surface area contributed by atoms with Crippen molar-refractivity contribution in [2.45, 2.75) is 12.7 Å². The van der Waals surface area contributed by atoms with E-state index in [2.05, 4.69) is 12.3 Å². The van der Waals surface area contributed by atoms with Gasteiger partial charge in [0.25, 0.3) is 5.91 Å². The van der Waals surface area contributed by atoms with E-state index in [1.807, 2.05) is 30.0 Å². The SMILES string of the molecule is CC(CN)CSCc1cccc(C(=O)NN)c1. The van der Waals surface area contributed by atoms with Gasteiger partial charge in [0.1, 0.15) is 0 Å². The van der Waals surface area contributed by atoms with Crippen molar-refractivity contribution in [1.29, 1.82) is 0 Å². The van der Waals surface area contributed by atoms with E-state index in [0.29, 0.717) is 18.0 Å². The summed E-state index contributed by atoms with van der Waals surface area (Å²) < 4.78 is 0. The average molecular weight is 253 g/mol. The molecule has 1 amide bonds. The van der Waals surface area contributed by atoms with Gasteiger partial charge in [-0.3, -0.25) is 10.2 Å². The quantitative estimate of drug-likeness (QED) is 0.403. The second-order valence-electron chi connectivity index (χ2n) is 4.03. The van der Waals surface area contributed by atoms with Crippen LogP contribution in [0.4, 0.5) is 0 Å². The molecule has 0 saturated carbocycles. The number of rotatable bonds is 6. The zero-order valence-corrected chi connectivity index (χ0v) is 10.8. The molecule has 0 radical (unpaired) electrons. The van der Waals surface area contributed by atoms with Gasteiger partial charge in [0.2, 0.25) is 0 Å². The first-order chi connectivity index (χ1) is 8.17. The Morgan fingerprint density at radius 1 is 1.53 bits per heavy atom. The molecule has 0 aliphatic carbocycles. The summed E-state index contributed by atoms with van der Waals surface area (Å²) in [6.45, 7) is 2.84. The average Bonchev–Trinajstić information content (AvgIpc) is 2.38. The third-order valence-corrected chi connectivity index (χ3v) is 3.74. The highest BCUT2D eigenvalue weighted by Crippen LogP contribution is 2.16. The highest BCUT2D eigenvalue weighted by Gasteiger charge is 2.04. The van der Waals surface area contributed by atoms with Gasteiger partial charge in [-0.05, 0) is 35.9 Å². The molecule has 5 N–H and O–H groups in total. The number of hydrogen-bond acceptors (Lipinski definition) is 4. The predicted molar refractivity (Wildman–Crippen MR) is 72.5 cm³/mol. The summed E-state index contributed by atoms with van der Waals surface area (Å²) in [7, 11) is 0. The van der Waals surface area contributed by atoms with Crippen molar-refractivity contribution in [3.8, 4) is 0 Å². The Balaban J connectivity index is 2.51. The fraction of sp³-hybridized carbons (Fsp3) is 0.417. The minimum Gasteiger partial charge on any atom is -0.330 e. The van der Waals surface area contributed by atoms with Crippen LogP contribution < -0.4 is 17.0 Å². The van der Waals surface area contributed by atoms with Crippen LogP contribution in [-0.2, 0) is 5.75 Å². The molecule has 0 aliphatic rings. The molecule has 0 aliphatic heterocycles. The summed E-state index contributed by atoms with van der Waals surface area (Å²) >= 11 is 1.82. The van der Waals surface area contributed by atoms with Gasteiger partial charge in [-0.1, -0.05) is 19.1 Å². The van der Waals surface area contributed by atoms with Gasteiger partial charge in [0.15, 0.2) is 0 Å². The molecular weight excluding hydrogens is 234 g/mol. The first kappa shape index (κ1) is 14.0. The van der Waals surface area contributed by atoms with Crippen LogP contribution >= 0.6 is 11.8 Å². The predicted octanol–water partition coefficient (Wildman–Crippen LogP) is 1.12.